The van der Waals surface area contributed by atoms with Crippen molar-refractivity contribution in [2.45, 2.75) is 26.8 Å². The highest BCUT2D eigenvalue weighted by Gasteiger charge is 1.99. The van der Waals surface area contributed by atoms with Gasteiger partial charge >= 0.3 is 0 Å². The van der Waals surface area contributed by atoms with E-state index in [9.17, 15) is 0 Å². The van der Waals surface area contributed by atoms with Crippen LogP contribution in [0.5, 0.6) is 0 Å². The Bertz CT molecular complexity index is 587. The van der Waals surface area contributed by atoms with Gasteiger partial charge in [-0.2, -0.15) is 0 Å². The molecule has 0 aliphatic carbocycles. The first-order valence-corrected chi connectivity index (χ1v) is 7.65. The largest absolute Gasteiger partial charge is 0.356 e. The second-order valence-electron chi connectivity index (χ2n) is 5.47. The normalized spacial score (nSPS) is 11.0. The van der Waals surface area contributed by atoms with Gasteiger partial charge in [-0.25, -0.2) is 4.98 Å². The Morgan fingerprint density at radius 1 is 1.13 bits per heavy atom. The second kappa shape index (κ2) is 10.3. The monoisotopic (exact) mass is 427 g/mol. The molecular formula is C17H26IN5. The number of nitrogens with one attached hydrogen (secondary N) is 2. The van der Waals surface area contributed by atoms with Crippen molar-refractivity contribution < 1.29 is 0 Å². The third kappa shape index (κ3) is 7.02. The van der Waals surface area contributed by atoms with Crippen molar-refractivity contribution in [3.05, 3.63) is 53.6 Å². The molecule has 0 saturated carbocycles. The van der Waals surface area contributed by atoms with Crippen LogP contribution in [0.1, 0.15) is 16.7 Å². The number of hydrogen-bond acceptors (Lipinski definition) is 2. The summed E-state index contributed by atoms with van der Waals surface area (Å²) in [6.45, 7) is 6.84. The lowest BCUT2D eigenvalue weighted by atomic mass is 10.1. The SMILES string of the molecule is CN=C(NCCc1cc(C)cc(C)c1)NCCn1ccnc1.I. The van der Waals surface area contributed by atoms with E-state index in [0.717, 1.165) is 32.0 Å². The van der Waals surface area contributed by atoms with Gasteiger partial charge in [-0.15, -0.1) is 24.0 Å². The number of aromatic nitrogens is 2. The summed E-state index contributed by atoms with van der Waals surface area (Å²) < 4.78 is 2.04. The molecule has 2 rings (SSSR count). The van der Waals surface area contributed by atoms with Gasteiger partial charge < -0.3 is 15.2 Å². The van der Waals surface area contributed by atoms with E-state index in [-0.39, 0.29) is 24.0 Å². The van der Waals surface area contributed by atoms with Crippen LogP contribution in [0, 0.1) is 13.8 Å². The summed E-state index contributed by atoms with van der Waals surface area (Å²) >= 11 is 0. The molecule has 0 fully saturated rings. The van der Waals surface area contributed by atoms with E-state index in [0.29, 0.717) is 0 Å². The predicted octanol–water partition coefficient (Wildman–Crippen LogP) is 2.53. The molecule has 0 unspecified atom stereocenters. The first-order chi connectivity index (χ1) is 10.7. The minimum Gasteiger partial charge on any atom is -0.356 e. The van der Waals surface area contributed by atoms with Crippen LogP contribution in [0.3, 0.4) is 0 Å². The number of guanidine groups is 1. The first kappa shape index (κ1) is 19.5. The summed E-state index contributed by atoms with van der Waals surface area (Å²) in [5, 5.41) is 6.66. The summed E-state index contributed by atoms with van der Waals surface area (Å²) in [6.07, 6.45) is 6.55. The Morgan fingerprint density at radius 2 is 1.83 bits per heavy atom. The quantitative estimate of drug-likeness (QED) is 0.423. The number of hydrogen-bond donors (Lipinski definition) is 2. The molecule has 0 amide bonds. The third-order valence-corrected chi connectivity index (χ3v) is 3.43. The molecule has 0 bridgehead atoms. The Hall–Kier alpha value is -1.57. The van der Waals surface area contributed by atoms with Gasteiger partial charge in [0.15, 0.2) is 5.96 Å². The summed E-state index contributed by atoms with van der Waals surface area (Å²) in [5.74, 6) is 0.837. The number of halogens is 1. The van der Waals surface area contributed by atoms with Crippen LogP contribution in [0.25, 0.3) is 0 Å². The number of benzene rings is 1. The predicted molar refractivity (Wildman–Crippen MR) is 107 cm³/mol. The van der Waals surface area contributed by atoms with Crippen molar-refractivity contribution in [1.82, 2.24) is 20.2 Å². The minimum absolute atomic E-state index is 0. The van der Waals surface area contributed by atoms with Gasteiger partial charge in [0.05, 0.1) is 6.33 Å². The highest BCUT2D eigenvalue weighted by atomic mass is 127. The molecule has 0 saturated heterocycles. The van der Waals surface area contributed by atoms with Gasteiger partial charge in [0, 0.05) is 39.1 Å². The average Bonchev–Trinajstić information content (AvgIpc) is 2.98. The molecule has 0 aliphatic heterocycles. The Kier molecular flexibility index (Phi) is 8.68. The molecule has 23 heavy (non-hydrogen) atoms. The van der Waals surface area contributed by atoms with E-state index in [2.05, 4.69) is 52.7 Å². The molecule has 1 aromatic carbocycles. The standard InChI is InChI=1S/C17H25N5.HI/c1-14-10-15(2)12-16(11-14)4-5-20-17(18-3)21-7-9-22-8-6-19-13-22;/h6,8,10-13H,4-5,7,9H2,1-3H3,(H2,18,20,21);1H. The number of imidazole rings is 1. The highest BCUT2D eigenvalue weighted by molar-refractivity contribution is 14.0. The van der Waals surface area contributed by atoms with Crippen LogP contribution in [0.2, 0.25) is 0 Å². The molecular weight excluding hydrogens is 401 g/mol. The number of nitrogens with zero attached hydrogens (tertiary/aromatic N) is 3. The third-order valence-electron chi connectivity index (χ3n) is 3.43. The Morgan fingerprint density at radius 3 is 2.43 bits per heavy atom. The van der Waals surface area contributed by atoms with Crippen molar-refractivity contribution >= 4 is 29.9 Å². The van der Waals surface area contributed by atoms with Crippen LogP contribution in [0.15, 0.2) is 41.9 Å². The summed E-state index contributed by atoms with van der Waals surface area (Å²) in [4.78, 5) is 8.27. The molecule has 5 nitrogen and oxygen atoms in total. The van der Waals surface area contributed by atoms with Gasteiger partial charge in [0.25, 0.3) is 0 Å². The van der Waals surface area contributed by atoms with Gasteiger partial charge in [-0.1, -0.05) is 29.3 Å². The average molecular weight is 427 g/mol. The summed E-state index contributed by atoms with van der Waals surface area (Å²) in [7, 11) is 1.80. The van der Waals surface area contributed by atoms with E-state index < -0.39 is 0 Å². The molecule has 0 atom stereocenters. The second-order valence-corrected chi connectivity index (χ2v) is 5.47. The first-order valence-electron chi connectivity index (χ1n) is 7.65. The molecule has 2 aromatic rings. The van der Waals surface area contributed by atoms with Crippen LogP contribution in [-0.2, 0) is 13.0 Å². The minimum atomic E-state index is 0. The maximum Gasteiger partial charge on any atom is 0.191 e. The van der Waals surface area contributed by atoms with Crippen molar-refractivity contribution in [3.63, 3.8) is 0 Å². The van der Waals surface area contributed by atoms with Gasteiger partial charge in [-0.05, 0) is 25.8 Å². The molecule has 0 aliphatic rings. The van der Waals surface area contributed by atoms with Crippen molar-refractivity contribution in [2.24, 2.45) is 4.99 Å². The number of rotatable bonds is 6. The molecule has 2 N–H and O–H groups in total. The zero-order chi connectivity index (χ0) is 15.8. The smallest absolute Gasteiger partial charge is 0.191 e. The zero-order valence-electron chi connectivity index (χ0n) is 14.0. The van der Waals surface area contributed by atoms with E-state index in [1.165, 1.54) is 16.7 Å². The lowest BCUT2D eigenvalue weighted by Gasteiger charge is -2.12. The maximum absolute atomic E-state index is 4.24. The summed E-state index contributed by atoms with van der Waals surface area (Å²) in [6, 6.07) is 6.68. The number of aliphatic imine (C=N–C) groups is 1. The van der Waals surface area contributed by atoms with Gasteiger partial charge in [-0.3, -0.25) is 4.99 Å². The molecule has 6 heteroatoms. The highest BCUT2D eigenvalue weighted by Crippen LogP contribution is 2.08. The van der Waals surface area contributed by atoms with Crippen molar-refractivity contribution in [1.29, 1.82) is 0 Å². The van der Waals surface area contributed by atoms with E-state index in [1.807, 2.05) is 17.1 Å². The van der Waals surface area contributed by atoms with Gasteiger partial charge in [0.1, 0.15) is 0 Å². The van der Waals surface area contributed by atoms with Crippen LogP contribution < -0.4 is 10.6 Å². The molecule has 1 heterocycles. The fourth-order valence-corrected chi connectivity index (χ4v) is 2.48. The molecule has 0 spiro atoms. The van der Waals surface area contributed by atoms with Gasteiger partial charge in [0.2, 0.25) is 0 Å². The van der Waals surface area contributed by atoms with E-state index in [4.69, 9.17) is 0 Å². The Balaban J connectivity index is 0.00000264. The van der Waals surface area contributed by atoms with Crippen LogP contribution in [0.4, 0.5) is 0 Å². The van der Waals surface area contributed by atoms with Crippen LogP contribution >= 0.6 is 24.0 Å². The molecule has 0 radical (unpaired) electrons. The van der Waals surface area contributed by atoms with Crippen molar-refractivity contribution in [2.75, 3.05) is 20.1 Å². The number of aryl methyl sites for hydroxylation is 2. The lowest BCUT2D eigenvalue weighted by molar-refractivity contribution is 0.661. The fourth-order valence-electron chi connectivity index (χ4n) is 2.48. The molecule has 1 aromatic heterocycles. The molecule has 126 valence electrons. The topological polar surface area (TPSA) is 54.2 Å². The van der Waals surface area contributed by atoms with E-state index in [1.54, 1.807) is 13.2 Å². The maximum atomic E-state index is 4.24. The van der Waals surface area contributed by atoms with E-state index >= 15 is 0 Å². The fraction of sp³-hybridized carbons (Fsp3) is 0.412. The van der Waals surface area contributed by atoms with Crippen molar-refractivity contribution in [3.8, 4) is 0 Å². The zero-order valence-corrected chi connectivity index (χ0v) is 16.4. The summed E-state index contributed by atoms with van der Waals surface area (Å²) in [5.41, 5.74) is 3.99. The lowest BCUT2D eigenvalue weighted by Crippen LogP contribution is -2.39. The Labute approximate surface area is 155 Å². The van der Waals surface area contributed by atoms with Crippen LogP contribution in [-0.4, -0.2) is 35.6 Å².